The summed E-state index contributed by atoms with van der Waals surface area (Å²) >= 11 is 6.17. The summed E-state index contributed by atoms with van der Waals surface area (Å²) in [5.74, 6) is 1.47. The van der Waals surface area contributed by atoms with E-state index in [9.17, 15) is 4.79 Å². The molecule has 0 bridgehead atoms. The van der Waals surface area contributed by atoms with E-state index in [1.54, 1.807) is 0 Å². The summed E-state index contributed by atoms with van der Waals surface area (Å²) in [5.41, 5.74) is 6.50. The molecule has 0 radical (unpaired) electrons. The van der Waals surface area contributed by atoms with Crippen molar-refractivity contribution in [2.45, 2.75) is 69.0 Å². The Balaban J connectivity index is 1.38. The molecule has 0 aromatic carbocycles. The minimum atomic E-state index is 0.105. The van der Waals surface area contributed by atoms with Crippen LogP contribution in [0.4, 0.5) is 0 Å². The van der Waals surface area contributed by atoms with E-state index in [1.807, 2.05) is 0 Å². The van der Waals surface area contributed by atoms with Crippen LogP contribution in [-0.2, 0) is 4.79 Å². The molecule has 0 aromatic rings. The van der Waals surface area contributed by atoms with E-state index in [-0.39, 0.29) is 17.5 Å². The molecule has 19 heavy (non-hydrogen) atoms. The van der Waals surface area contributed by atoms with Crippen LogP contribution in [0.1, 0.15) is 51.4 Å². The molecule has 3 rings (SSSR count). The van der Waals surface area contributed by atoms with Crippen molar-refractivity contribution in [3.63, 3.8) is 0 Å². The summed E-state index contributed by atoms with van der Waals surface area (Å²) in [6.07, 6.45) is 8.84. The topological polar surface area (TPSA) is 53.2 Å². The molecule has 1 saturated heterocycles. The van der Waals surface area contributed by atoms with Crippen molar-refractivity contribution >= 4 is 17.5 Å². The van der Waals surface area contributed by atoms with Crippen LogP contribution in [0.2, 0.25) is 0 Å². The van der Waals surface area contributed by atoms with Gasteiger partial charge in [0, 0.05) is 17.8 Å². The monoisotopic (exact) mass is 285 g/mol. The molecule has 108 valence electrons. The van der Waals surface area contributed by atoms with Crippen molar-refractivity contribution in [3.05, 3.63) is 0 Å². The molecule has 1 heterocycles. The second kappa shape index (κ2) is 5.98. The van der Waals surface area contributed by atoms with E-state index in [0.29, 0.717) is 18.4 Å². The molecule has 4 unspecified atom stereocenters. The van der Waals surface area contributed by atoms with Gasteiger partial charge in [0.05, 0.1) is 6.17 Å². The number of hydrazine groups is 1. The van der Waals surface area contributed by atoms with Gasteiger partial charge in [0.2, 0.25) is 5.91 Å². The molecule has 3 N–H and O–H groups in total. The van der Waals surface area contributed by atoms with Gasteiger partial charge in [0.15, 0.2) is 0 Å². The lowest BCUT2D eigenvalue weighted by Gasteiger charge is -2.25. The largest absolute Gasteiger partial charge is 0.339 e. The Morgan fingerprint density at radius 3 is 2.74 bits per heavy atom. The first-order valence-corrected chi connectivity index (χ1v) is 8.09. The van der Waals surface area contributed by atoms with Crippen LogP contribution in [0.25, 0.3) is 0 Å². The van der Waals surface area contributed by atoms with Crippen molar-refractivity contribution in [3.8, 4) is 0 Å². The Morgan fingerprint density at radius 2 is 2.00 bits per heavy atom. The SMILES string of the molecule is O=C(CC1CCCC(Cl)C1)NC1CC(C2CC2)NN1. The zero-order valence-corrected chi connectivity index (χ0v) is 12.1. The summed E-state index contributed by atoms with van der Waals surface area (Å²) in [6, 6.07) is 0.548. The maximum absolute atomic E-state index is 12.0. The van der Waals surface area contributed by atoms with Gasteiger partial charge in [-0.3, -0.25) is 10.2 Å². The molecule has 1 amide bonds. The number of amides is 1. The third-order valence-corrected chi connectivity index (χ3v) is 5.05. The van der Waals surface area contributed by atoms with Gasteiger partial charge in [0.25, 0.3) is 0 Å². The molecule has 3 aliphatic rings. The molecular formula is C14H24ClN3O. The van der Waals surface area contributed by atoms with Crippen LogP contribution < -0.4 is 16.2 Å². The normalized spacial score (nSPS) is 39.2. The number of nitrogens with one attached hydrogen (secondary N) is 3. The second-order valence-electron chi connectivity index (χ2n) is 6.42. The first kappa shape index (κ1) is 13.7. The fourth-order valence-corrected chi connectivity index (χ4v) is 3.82. The number of halogens is 1. The number of hydrogen-bond donors (Lipinski definition) is 3. The van der Waals surface area contributed by atoms with Crippen LogP contribution in [0, 0.1) is 11.8 Å². The Kier molecular flexibility index (Phi) is 4.30. The van der Waals surface area contributed by atoms with Gasteiger partial charge >= 0.3 is 0 Å². The van der Waals surface area contributed by atoms with Crippen LogP contribution in [0.3, 0.4) is 0 Å². The molecule has 0 spiro atoms. The number of carbonyl (C=O) groups is 1. The minimum Gasteiger partial charge on any atom is -0.339 e. The molecule has 0 aromatic heterocycles. The zero-order chi connectivity index (χ0) is 13.2. The predicted octanol–water partition coefficient (Wildman–Crippen LogP) is 1.89. The van der Waals surface area contributed by atoms with Crippen molar-refractivity contribution in [2.75, 3.05) is 0 Å². The Labute approximate surface area is 120 Å². The van der Waals surface area contributed by atoms with Crippen LogP contribution in [0.5, 0.6) is 0 Å². The van der Waals surface area contributed by atoms with Gasteiger partial charge < -0.3 is 5.32 Å². The molecule has 4 atom stereocenters. The van der Waals surface area contributed by atoms with Gasteiger partial charge in [-0.2, -0.15) is 0 Å². The predicted molar refractivity (Wildman–Crippen MR) is 75.5 cm³/mol. The first-order valence-electron chi connectivity index (χ1n) is 7.65. The van der Waals surface area contributed by atoms with Crippen LogP contribution in [0.15, 0.2) is 0 Å². The van der Waals surface area contributed by atoms with E-state index in [1.165, 1.54) is 19.3 Å². The van der Waals surface area contributed by atoms with E-state index >= 15 is 0 Å². The number of hydrogen-bond acceptors (Lipinski definition) is 3. The maximum Gasteiger partial charge on any atom is 0.221 e. The molecule has 4 nitrogen and oxygen atoms in total. The highest BCUT2D eigenvalue weighted by Gasteiger charge is 2.37. The lowest BCUT2D eigenvalue weighted by atomic mass is 9.86. The Hall–Kier alpha value is -0.320. The van der Waals surface area contributed by atoms with Gasteiger partial charge in [-0.25, -0.2) is 5.43 Å². The Morgan fingerprint density at radius 1 is 1.16 bits per heavy atom. The van der Waals surface area contributed by atoms with Gasteiger partial charge in [0.1, 0.15) is 0 Å². The second-order valence-corrected chi connectivity index (χ2v) is 7.04. The zero-order valence-electron chi connectivity index (χ0n) is 11.3. The van der Waals surface area contributed by atoms with E-state index in [4.69, 9.17) is 11.6 Å². The molecule has 2 saturated carbocycles. The van der Waals surface area contributed by atoms with Crippen molar-refractivity contribution in [2.24, 2.45) is 11.8 Å². The average molecular weight is 286 g/mol. The molecule has 1 aliphatic heterocycles. The average Bonchev–Trinajstić information content (AvgIpc) is 3.11. The van der Waals surface area contributed by atoms with Crippen molar-refractivity contribution < 1.29 is 4.79 Å². The fourth-order valence-electron chi connectivity index (χ4n) is 3.41. The lowest BCUT2D eigenvalue weighted by molar-refractivity contribution is -0.123. The van der Waals surface area contributed by atoms with E-state index in [2.05, 4.69) is 16.2 Å². The highest BCUT2D eigenvalue weighted by atomic mass is 35.5. The first-order chi connectivity index (χ1) is 9.20. The minimum absolute atomic E-state index is 0.105. The lowest BCUT2D eigenvalue weighted by Crippen LogP contribution is -2.45. The number of rotatable bonds is 4. The number of alkyl halides is 1. The molecule has 2 aliphatic carbocycles. The van der Waals surface area contributed by atoms with E-state index in [0.717, 1.165) is 31.6 Å². The third-order valence-electron chi connectivity index (χ3n) is 4.65. The van der Waals surface area contributed by atoms with Crippen LogP contribution >= 0.6 is 11.6 Å². The highest BCUT2D eigenvalue weighted by Crippen LogP contribution is 2.35. The molecule has 5 heteroatoms. The quantitative estimate of drug-likeness (QED) is 0.692. The van der Waals surface area contributed by atoms with E-state index < -0.39 is 0 Å². The van der Waals surface area contributed by atoms with Gasteiger partial charge in [-0.05, 0) is 50.4 Å². The summed E-state index contributed by atoms with van der Waals surface area (Å²) in [4.78, 5) is 12.0. The summed E-state index contributed by atoms with van der Waals surface area (Å²) < 4.78 is 0. The highest BCUT2D eigenvalue weighted by molar-refractivity contribution is 6.20. The smallest absolute Gasteiger partial charge is 0.221 e. The van der Waals surface area contributed by atoms with Crippen molar-refractivity contribution in [1.29, 1.82) is 0 Å². The van der Waals surface area contributed by atoms with Gasteiger partial charge in [-0.15, -0.1) is 11.6 Å². The maximum atomic E-state index is 12.0. The molecule has 3 fully saturated rings. The van der Waals surface area contributed by atoms with Crippen LogP contribution in [-0.4, -0.2) is 23.5 Å². The summed E-state index contributed by atoms with van der Waals surface area (Å²) in [5, 5.41) is 3.37. The summed E-state index contributed by atoms with van der Waals surface area (Å²) in [6.45, 7) is 0. The standard InChI is InChI=1S/C14H24ClN3O/c15-11-3-1-2-9(6-11)7-14(19)16-13-8-12(17-18-13)10-4-5-10/h9-13,17-18H,1-8H2,(H,16,19). The Bertz CT molecular complexity index is 335. The number of carbonyl (C=O) groups excluding carboxylic acids is 1. The molecular weight excluding hydrogens is 262 g/mol. The van der Waals surface area contributed by atoms with Gasteiger partial charge in [-0.1, -0.05) is 6.42 Å². The fraction of sp³-hybridized carbons (Fsp3) is 0.929. The third kappa shape index (κ3) is 3.83. The van der Waals surface area contributed by atoms with Crippen molar-refractivity contribution in [1.82, 2.24) is 16.2 Å². The summed E-state index contributed by atoms with van der Waals surface area (Å²) in [7, 11) is 0.